The Kier molecular flexibility index (Phi) is 4.97. The summed E-state index contributed by atoms with van der Waals surface area (Å²) in [7, 11) is 3.99. The minimum atomic E-state index is 0.212. The number of nitrogens with one attached hydrogen (secondary N) is 1. The molecule has 3 aliphatic rings. The third-order valence-electron chi connectivity index (χ3n) is 6.72. The van der Waals surface area contributed by atoms with Gasteiger partial charge in [-0.05, 0) is 43.9 Å². The highest BCUT2D eigenvalue weighted by molar-refractivity contribution is 5.76. The van der Waals surface area contributed by atoms with Crippen LogP contribution in [-0.4, -0.2) is 55.6 Å². The molecule has 2 aliphatic heterocycles. The maximum atomic E-state index is 11.7. The van der Waals surface area contributed by atoms with Crippen LogP contribution in [0.4, 0.5) is 11.8 Å². The monoisotopic (exact) mass is 372 g/mol. The van der Waals surface area contributed by atoms with Gasteiger partial charge in [0.15, 0.2) is 0 Å². The Morgan fingerprint density at radius 3 is 2.59 bits per heavy atom. The Labute approximate surface area is 161 Å². The smallest absolute Gasteiger partial charge is 0.227 e. The van der Waals surface area contributed by atoms with E-state index in [9.17, 15) is 4.79 Å². The van der Waals surface area contributed by atoms with Gasteiger partial charge in [0.1, 0.15) is 5.82 Å². The lowest BCUT2D eigenvalue weighted by atomic mass is 9.73. The number of hydrogen-bond acceptors (Lipinski definition) is 6. The molecule has 0 bridgehead atoms. The van der Waals surface area contributed by atoms with Crippen molar-refractivity contribution in [2.45, 2.75) is 56.9 Å². The fourth-order valence-corrected chi connectivity index (χ4v) is 4.68. The fourth-order valence-electron chi connectivity index (χ4n) is 4.68. The largest absolute Gasteiger partial charge is 0.356 e. The van der Waals surface area contributed by atoms with Gasteiger partial charge in [0.05, 0.1) is 5.69 Å². The lowest BCUT2D eigenvalue weighted by molar-refractivity contribution is -0.120. The number of amides is 1. The maximum absolute atomic E-state index is 11.7. The summed E-state index contributed by atoms with van der Waals surface area (Å²) in [6.07, 6.45) is 7.10. The molecule has 7 nitrogen and oxygen atoms in total. The van der Waals surface area contributed by atoms with E-state index in [-0.39, 0.29) is 5.91 Å². The summed E-state index contributed by atoms with van der Waals surface area (Å²) in [5.41, 5.74) is 7.44. The van der Waals surface area contributed by atoms with Crippen molar-refractivity contribution in [3.63, 3.8) is 0 Å². The molecular formula is C20H32N6O. The van der Waals surface area contributed by atoms with Crippen LogP contribution in [0.1, 0.15) is 56.6 Å². The number of piperidine rings is 1. The summed E-state index contributed by atoms with van der Waals surface area (Å²) < 4.78 is 0. The van der Waals surface area contributed by atoms with Gasteiger partial charge >= 0.3 is 0 Å². The third-order valence-corrected chi connectivity index (χ3v) is 6.72. The maximum Gasteiger partial charge on any atom is 0.227 e. The first-order valence-corrected chi connectivity index (χ1v) is 10.3. The first kappa shape index (κ1) is 18.5. The Hall–Kier alpha value is -1.89. The molecule has 3 fully saturated rings. The minimum absolute atomic E-state index is 0.212. The van der Waals surface area contributed by atoms with E-state index in [1.165, 1.54) is 0 Å². The van der Waals surface area contributed by atoms with Gasteiger partial charge in [-0.2, -0.15) is 4.98 Å². The number of nitrogens with two attached hydrogens (primary N) is 1. The summed E-state index contributed by atoms with van der Waals surface area (Å²) in [4.78, 5) is 25.7. The molecule has 4 rings (SSSR count). The second kappa shape index (κ2) is 7.26. The Morgan fingerprint density at radius 2 is 1.93 bits per heavy atom. The van der Waals surface area contributed by atoms with E-state index in [4.69, 9.17) is 15.7 Å². The number of rotatable bonds is 3. The summed E-state index contributed by atoms with van der Waals surface area (Å²) in [5.74, 6) is 2.51. The third kappa shape index (κ3) is 3.88. The van der Waals surface area contributed by atoms with Crippen LogP contribution in [-0.2, 0) is 4.79 Å². The summed E-state index contributed by atoms with van der Waals surface area (Å²) in [6.45, 7) is 2.83. The van der Waals surface area contributed by atoms with Crippen LogP contribution in [0.2, 0.25) is 0 Å². The van der Waals surface area contributed by atoms with Crippen LogP contribution in [0.3, 0.4) is 0 Å². The number of anilines is 2. The van der Waals surface area contributed by atoms with Gasteiger partial charge < -0.3 is 20.9 Å². The van der Waals surface area contributed by atoms with Crippen molar-refractivity contribution in [2.24, 2.45) is 11.1 Å². The molecule has 0 radical (unpaired) electrons. The Bertz CT molecular complexity index is 692. The van der Waals surface area contributed by atoms with Crippen LogP contribution >= 0.6 is 0 Å². The molecule has 1 aliphatic carbocycles. The minimum Gasteiger partial charge on any atom is -0.356 e. The number of hydrogen-bond donors (Lipinski definition) is 2. The fraction of sp³-hybridized carbons (Fsp3) is 0.750. The highest BCUT2D eigenvalue weighted by atomic mass is 16.1. The molecule has 148 valence electrons. The molecule has 27 heavy (non-hydrogen) atoms. The molecule has 0 aromatic carbocycles. The lowest BCUT2D eigenvalue weighted by Crippen LogP contribution is -2.41. The molecule has 7 heteroatoms. The number of nitrogens with zero attached hydrogens (tertiary/aromatic N) is 4. The molecule has 1 aromatic rings. The molecule has 1 aromatic heterocycles. The first-order valence-electron chi connectivity index (χ1n) is 10.3. The van der Waals surface area contributed by atoms with Gasteiger partial charge in [0.25, 0.3) is 0 Å². The van der Waals surface area contributed by atoms with Crippen molar-refractivity contribution < 1.29 is 4.79 Å². The van der Waals surface area contributed by atoms with Crippen molar-refractivity contribution in [1.82, 2.24) is 15.3 Å². The normalized spacial score (nSPS) is 27.7. The van der Waals surface area contributed by atoms with E-state index in [0.29, 0.717) is 23.8 Å². The van der Waals surface area contributed by atoms with E-state index in [1.54, 1.807) is 0 Å². The number of carbonyl (C=O) groups is 1. The van der Waals surface area contributed by atoms with Crippen molar-refractivity contribution in [1.29, 1.82) is 0 Å². The van der Waals surface area contributed by atoms with Crippen LogP contribution in [0, 0.1) is 5.41 Å². The summed E-state index contributed by atoms with van der Waals surface area (Å²) >= 11 is 0. The molecule has 0 atom stereocenters. The molecule has 3 heterocycles. The highest BCUT2D eigenvalue weighted by Crippen LogP contribution is 2.42. The predicted octanol–water partition coefficient (Wildman–Crippen LogP) is 1.63. The quantitative estimate of drug-likeness (QED) is 0.839. The first-order chi connectivity index (χ1) is 12.9. The SMILES string of the molecule is CN(C)c1nc(C2CC(N)C2)cc(N2CCC3(CCNC(=O)CC3)CC2)n1. The van der Waals surface area contributed by atoms with E-state index >= 15 is 0 Å². The van der Waals surface area contributed by atoms with Gasteiger partial charge in [-0.3, -0.25) is 4.79 Å². The standard InChI is InChI=1S/C20H32N6O/c1-25(2)19-23-16(14-11-15(21)12-14)13-17(24-19)26-9-6-20(7-10-26)4-3-18(27)22-8-5-20/h13-15H,3-12,21H2,1-2H3,(H,22,27). The van der Waals surface area contributed by atoms with Crippen LogP contribution in [0.25, 0.3) is 0 Å². The number of carbonyl (C=O) groups excluding carboxylic acids is 1. The lowest BCUT2D eigenvalue weighted by Gasteiger charge is -2.42. The Balaban J connectivity index is 1.49. The zero-order valence-electron chi connectivity index (χ0n) is 16.6. The topological polar surface area (TPSA) is 87.4 Å². The van der Waals surface area contributed by atoms with Gasteiger partial charge in [-0.1, -0.05) is 0 Å². The van der Waals surface area contributed by atoms with E-state index < -0.39 is 0 Å². The molecule has 1 amide bonds. The van der Waals surface area contributed by atoms with Crippen molar-refractivity contribution in [2.75, 3.05) is 43.5 Å². The average molecular weight is 373 g/mol. The van der Waals surface area contributed by atoms with Crippen LogP contribution in [0.15, 0.2) is 6.07 Å². The molecule has 2 saturated heterocycles. The average Bonchev–Trinajstić information content (AvgIpc) is 2.81. The van der Waals surface area contributed by atoms with E-state index in [2.05, 4.69) is 16.3 Å². The van der Waals surface area contributed by atoms with Crippen LogP contribution in [0.5, 0.6) is 0 Å². The molecule has 3 N–H and O–H groups in total. The Morgan fingerprint density at radius 1 is 1.19 bits per heavy atom. The predicted molar refractivity (Wildman–Crippen MR) is 107 cm³/mol. The molecule has 1 saturated carbocycles. The molecular weight excluding hydrogens is 340 g/mol. The van der Waals surface area contributed by atoms with Crippen LogP contribution < -0.4 is 20.9 Å². The van der Waals surface area contributed by atoms with Crippen molar-refractivity contribution >= 4 is 17.7 Å². The van der Waals surface area contributed by atoms with Gasteiger partial charge in [-0.25, -0.2) is 4.98 Å². The van der Waals surface area contributed by atoms with Crippen molar-refractivity contribution in [3.05, 3.63) is 11.8 Å². The zero-order chi connectivity index (χ0) is 19.0. The van der Waals surface area contributed by atoms with Gasteiger partial charge in [0, 0.05) is 58.2 Å². The molecule has 1 spiro atoms. The molecule has 0 unspecified atom stereocenters. The second-order valence-electron chi connectivity index (χ2n) is 8.86. The van der Waals surface area contributed by atoms with Crippen molar-refractivity contribution in [3.8, 4) is 0 Å². The van der Waals surface area contributed by atoms with Gasteiger partial charge in [0.2, 0.25) is 11.9 Å². The number of aromatic nitrogens is 2. The summed E-state index contributed by atoms with van der Waals surface area (Å²) in [6, 6.07) is 2.50. The highest BCUT2D eigenvalue weighted by Gasteiger charge is 2.37. The van der Waals surface area contributed by atoms with E-state index in [0.717, 1.165) is 75.6 Å². The second-order valence-corrected chi connectivity index (χ2v) is 8.86. The summed E-state index contributed by atoms with van der Waals surface area (Å²) in [5, 5.41) is 3.03. The van der Waals surface area contributed by atoms with E-state index in [1.807, 2.05) is 19.0 Å². The van der Waals surface area contributed by atoms with Gasteiger partial charge in [-0.15, -0.1) is 0 Å². The zero-order valence-corrected chi connectivity index (χ0v) is 16.6.